The molecule has 0 aliphatic carbocycles. The lowest BCUT2D eigenvalue weighted by molar-refractivity contribution is -0.136. The minimum atomic E-state index is -0.0912. The van der Waals surface area contributed by atoms with E-state index in [2.05, 4.69) is 33.0 Å². The third-order valence-electron chi connectivity index (χ3n) is 6.43. The predicted octanol–water partition coefficient (Wildman–Crippen LogP) is 5.02. The molecule has 0 fully saturated rings. The lowest BCUT2D eigenvalue weighted by Gasteiger charge is -2.34. The number of aromatic nitrogens is 2. The molecule has 6 nitrogen and oxygen atoms in total. The van der Waals surface area contributed by atoms with E-state index in [4.69, 9.17) is 16.6 Å². The Balaban J connectivity index is 1.74. The molecule has 0 spiro atoms. The maximum absolute atomic E-state index is 13.4. The molecule has 3 rings (SSSR count). The Hall–Kier alpha value is -2.86. The summed E-state index contributed by atoms with van der Waals surface area (Å²) in [5.74, 6) is 0.795. The molecule has 2 atom stereocenters. The van der Waals surface area contributed by atoms with Crippen molar-refractivity contribution in [2.24, 2.45) is 0 Å². The molecule has 0 saturated heterocycles. The summed E-state index contributed by atoms with van der Waals surface area (Å²) in [6.45, 7) is 9.09. The Morgan fingerprint density at radius 2 is 1.68 bits per heavy atom. The third-order valence-corrected chi connectivity index (χ3v) is 6.79. The van der Waals surface area contributed by atoms with Gasteiger partial charge in [-0.05, 0) is 50.5 Å². The first-order valence-electron chi connectivity index (χ1n) is 12.1. The number of fused-ring (bicyclic) bond motifs is 1. The molecule has 1 aromatic heterocycles. The average Bonchev–Trinajstić information content (AvgIpc) is 3.17. The van der Waals surface area contributed by atoms with Gasteiger partial charge in [-0.1, -0.05) is 55.8 Å². The number of rotatable bonds is 11. The SMILES string of the molecule is CCC(C)N(C(=O)Cn1c(CCNC(=O)Cc2ccccc2Cl)nc2ccccc21)C(C)CC. The van der Waals surface area contributed by atoms with Crippen molar-refractivity contribution in [2.75, 3.05) is 6.54 Å². The number of hydrogen-bond acceptors (Lipinski definition) is 3. The van der Waals surface area contributed by atoms with E-state index in [1.807, 2.05) is 51.9 Å². The van der Waals surface area contributed by atoms with Gasteiger partial charge in [0.1, 0.15) is 12.4 Å². The molecule has 0 bridgehead atoms. The van der Waals surface area contributed by atoms with E-state index in [0.29, 0.717) is 18.0 Å². The third kappa shape index (κ3) is 6.17. The zero-order valence-corrected chi connectivity index (χ0v) is 21.3. The molecule has 34 heavy (non-hydrogen) atoms. The smallest absolute Gasteiger partial charge is 0.243 e. The standard InChI is InChI=1S/C27H35ClN4O2/c1-5-19(3)32(20(4)6-2)27(34)18-31-24-14-10-9-13-23(24)30-25(31)15-16-29-26(33)17-21-11-7-8-12-22(21)28/h7-14,19-20H,5-6,15-18H2,1-4H3,(H,29,33). The van der Waals surface area contributed by atoms with E-state index in [1.165, 1.54) is 0 Å². The van der Waals surface area contributed by atoms with Crippen molar-refractivity contribution in [1.82, 2.24) is 19.8 Å². The first-order valence-corrected chi connectivity index (χ1v) is 12.5. The van der Waals surface area contributed by atoms with Gasteiger partial charge in [-0.25, -0.2) is 4.98 Å². The number of para-hydroxylation sites is 2. The van der Waals surface area contributed by atoms with Gasteiger partial charge >= 0.3 is 0 Å². The fourth-order valence-corrected chi connectivity index (χ4v) is 4.42. The zero-order chi connectivity index (χ0) is 24.7. The maximum Gasteiger partial charge on any atom is 0.243 e. The quantitative estimate of drug-likeness (QED) is 0.417. The molecule has 0 aliphatic rings. The molecule has 7 heteroatoms. The molecule has 0 aliphatic heterocycles. The van der Waals surface area contributed by atoms with Crippen molar-refractivity contribution in [1.29, 1.82) is 0 Å². The maximum atomic E-state index is 13.4. The largest absolute Gasteiger partial charge is 0.355 e. The van der Waals surface area contributed by atoms with Gasteiger partial charge in [0, 0.05) is 30.1 Å². The Bertz CT molecular complexity index is 1120. The number of carbonyl (C=O) groups excluding carboxylic acids is 2. The summed E-state index contributed by atoms with van der Waals surface area (Å²) in [5.41, 5.74) is 2.59. The number of nitrogens with zero attached hydrogens (tertiary/aromatic N) is 3. The van der Waals surface area contributed by atoms with E-state index in [0.717, 1.165) is 35.3 Å². The Morgan fingerprint density at radius 1 is 1.03 bits per heavy atom. The van der Waals surface area contributed by atoms with Crippen LogP contribution < -0.4 is 5.32 Å². The molecular formula is C27H35ClN4O2. The van der Waals surface area contributed by atoms with E-state index in [9.17, 15) is 9.59 Å². The lowest BCUT2D eigenvalue weighted by Crippen LogP contribution is -2.46. The molecular weight excluding hydrogens is 448 g/mol. The number of nitrogens with one attached hydrogen (secondary N) is 1. The Morgan fingerprint density at radius 3 is 2.35 bits per heavy atom. The first-order chi connectivity index (χ1) is 16.3. The van der Waals surface area contributed by atoms with Crippen LogP contribution in [0.5, 0.6) is 0 Å². The van der Waals surface area contributed by atoms with Crippen LogP contribution in [-0.2, 0) is 29.0 Å². The van der Waals surface area contributed by atoms with Gasteiger partial charge in [-0.15, -0.1) is 0 Å². The van der Waals surface area contributed by atoms with Crippen LogP contribution in [0, 0.1) is 0 Å². The molecule has 0 saturated carbocycles. The van der Waals surface area contributed by atoms with Crippen molar-refractivity contribution in [2.45, 2.75) is 72.0 Å². The molecule has 2 aromatic carbocycles. The van der Waals surface area contributed by atoms with Crippen LogP contribution in [0.4, 0.5) is 0 Å². The van der Waals surface area contributed by atoms with Gasteiger partial charge in [0.25, 0.3) is 0 Å². The molecule has 0 radical (unpaired) electrons. The van der Waals surface area contributed by atoms with Crippen molar-refractivity contribution < 1.29 is 9.59 Å². The zero-order valence-electron chi connectivity index (χ0n) is 20.6. The summed E-state index contributed by atoms with van der Waals surface area (Å²) in [7, 11) is 0. The Labute approximate surface area is 207 Å². The minimum absolute atomic E-state index is 0.0912. The van der Waals surface area contributed by atoms with Crippen LogP contribution >= 0.6 is 11.6 Å². The second-order valence-electron chi connectivity index (χ2n) is 8.79. The summed E-state index contributed by atoms with van der Waals surface area (Å²) in [4.78, 5) is 32.6. The van der Waals surface area contributed by atoms with E-state index in [1.54, 1.807) is 6.07 Å². The fraction of sp³-hybridized carbons (Fsp3) is 0.444. The van der Waals surface area contributed by atoms with Crippen LogP contribution in [-0.4, -0.2) is 44.9 Å². The highest BCUT2D eigenvalue weighted by Crippen LogP contribution is 2.19. The van der Waals surface area contributed by atoms with Gasteiger partial charge in [-0.2, -0.15) is 0 Å². The van der Waals surface area contributed by atoms with Crippen LogP contribution in [0.15, 0.2) is 48.5 Å². The van der Waals surface area contributed by atoms with Crippen LogP contribution in [0.1, 0.15) is 51.9 Å². The second kappa shape index (κ2) is 12.0. The second-order valence-corrected chi connectivity index (χ2v) is 9.19. The number of amides is 2. The summed E-state index contributed by atoms with van der Waals surface area (Å²) in [6.07, 6.45) is 2.58. The van der Waals surface area contributed by atoms with Crippen LogP contribution in [0.25, 0.3) is 11.0 Å². The highest BCUT2D eigenvalue weighted by Gasteiger charge is 2.25. The number of halogens is 1. The van der Waals surface area contributed by atoms with Crippen molar-refractivity contribution in [3.8, 4) is 0 Å². The monoisotopic (exact) mass is 482 g/mol. The summed E-state index contributed by atoms with van der Waals surface area (Å²) in [6, 6.07) is 15.5. The molecule has 2 unspecified atom stereocenters. The van der Waals surface area contributed by atoms with E-state index >= 15 is 0 Å². The number of hydrogen-bond donors (Lipinski definition) is 1. The fourth-order valence-electron chi connectivity index (χ4n) is 4.22. The van der Waals surface area contributed by atoms with Gasteiger partial charge in [0.2, 0.25) is 11.8 Å². The molecule has 182 valence electrons. The molecule has 1 heterocycles. The summed E-state index contributed by atoms with van der Waals surface area (Å²) < 4.78 is 2.00. The van der Waals surface area contributed by atoms with Crippen molar-refractivity contribution >= 4 is 34.4 Å². The highest BCUT2D eigenvalue weighted by atomic mass is 35.5. The summed E-state index contributed by atoms with van der Waals surface area (Å²) in [5, 5.41) is 3.55. The number of imidazole rings is 1. The lowest BCUT2D eigenvalue weighted by atomic mass is 10.1. The van der Waals surface area contributed by atoms with Crippen LogP contribution in [0.3, 0.4) is 0 Å². The molecule has 3 aromatic rings. The van der Waals surface area contributed by atoms with Gasteiger partial charge < -0.3 is 14.8 Å². The van der Waals surface area contributed by atoms with Gasteiger partial charge in [0.05, 0.1) is 17.5 Å². The Kier molecular flexibility index (Phi) is 9.11. The van der Waals surface area contributed by atoms with Crippen molar-refractivity contribution in [3.05, 3.63) is 64.9 Å². The first kappa shape index (κ1) is 25.8. The van der Waals surface area contributed by atoms with E-state index < -0.39 is 0 Å². The number of benzene rings is 2. The number of carbonyl (C=O) groups is 2. The molecule has 1 N–H and O–H groups in total. The van der Waals surface area contributed by atoms with Gasteiger partial charge in [0.15, 0.2) is 0 Å². The van der Waals surface area contributed by atoms with E-state index in [-0.39, 0.29) is 36.9 Å². The normalized spacial score (nSPS) is 13.0. The highest BCUT2D eigenvalue weighted by molar-refractivity contribution is 6.31. The topological polar surface area (TPSA) is 67.2 Å². The minimum Gasteiger partial charge on any atom is -0.355 e. The van der Waals surface area contributed by atoms with Gasteiger partial charge in [-0.3, -0.25) is 9.59 Å². The van der Waals surface area contributed by atoms with Crippen LogP contribution in [0.2, 0.25) is 5.02 Å². The molecule has 2 amide bonds. The van der Waals surface area contributed by atoms with Crippen molar-refractivity contribution in [3.63, 3.8) is 0 Å². The summed E-state index contributed by atoms with van der Waals surface area (Å²) >= 11 is 6.17. The predicted molar refractivity (Wildman–Crippen MR) is 138 cm³/mol. The average molecular weight is 483 g/mol.